The predicted octanol–water partition coefficient (Wildman–Crippen LogP) is 4.10. The van der Waals surface area contributed by atoms with Crippen LogP contribution < -0.4 is 5.73 Å². The van der Waals surface area contributed by atoms with Gasteiger partial charge in [-0.3, -0.25) is 0 Å². The number of amidine groups is 1. The van der Waals surface area contributed by atoms with Crippen molar-refractivity contribution >= 4 is 27.6 Å². The van der Waals surface area contributed by atoms with Crippen molar-refractivity contribution < 1.29 is 4.74 Å². The van der Waals surface area contributed by atoms with E-state index < -0.39 is 0 Å². The predicted molar refractivity (Wildman–Crippen MR) is 88.7 cm³/mol. The van der Waals surface area contributed by atoms with E-state index in [9.17, 15) is 0 Å². The molecule has 2 aromatic carbocycles. The molecule has 2 aliphatic rings. The molecule has 0 saturated heterocycles. The number of rotatable bonds is 0. The molecular weight excluding hydrogens is 328 g/mol. The zero-order chi connectivity index (χ0) is 14.7. The van der Waals surface area contributed by atoms with Crippen LogP contribution in [0, 0.1) is 0 Å². The van der Waals surface area contributed by atoms with Crippen molar-refractivity contribution in [3.63, 3.8) is 0 Å². The molecule has 4 rings (SSSR count). The second kappa shape index (κ2) is 6.31. The molecule has 2 aromatic rings. The molecule has 0 fully saturated rings. The molecule has 1 heterocycles. The summed E-state index contributed by atoms with van der Waals surface area (Å²) in [5, 5.41) is 0. The topological polar surface area (TPSA) is 47.6 Å². The minimum atomic E-state index is 0.241. The Kier molecular flexibility index (Phi) is 4.25. The first kappa shape index (κ1) is 14.1. The van der Waals surface area contributed by atoms with Crippen LogP contribution in [0.1, 0.15) is 23.1 Å². The van der Waals surface area contributed by atoms with Crippen LogP contribution in [0.15, 0.2) is 51.9 Å². The molecule has 0 amide bonds. The van der Waals surface area contributed by atoms with E-state index in [1.165, 1.54) is 19.3 Å². The first-order valence-corrected chi connectivity index (χ1v) is 7.84. The molecule has 0 saturated carbocycles. The van der Waals surface area contributed by atoms with Gasteiger partial charge in [0.05, 0.1) is 5.69 Å². The van der Waals surface area contributed by atoms with E-state index >= 15 is 0 Å². The summed E-state index contributed by atoms with van der Waals surface area (Å²) < 4.78 is 6.09. The fraction of sp³-hybridized carbons (Fsp3) is 0.235. The lowest BCUT2D eigenvalue weighted by Crippen LogP contribution is -2.18. The van der Waals surface area contributed by atoms with Gasteiger partial charge in [0.25, 0.3) is 6.02 Å². The van der Waals surface area contributed by atoms with Crippen LogP contribution in [0.25, 0.3) is 0 Å². The molecule has 2 N–H and O–H groups in total. The van der Waals surface area contributed by atoms with Crippen molar-refractivity contribution in [2.75, 3.05) is 0 Å². The van der Waals surface area contributed by atoms with Crippen LogP contribution in [0.2, 0.25) is 0 Å². The summed E-state index contributed by atoms with van der Waals surface area (Å²) in [4.78, 5) is 4.04. The maximum Gasteiger partial charge on any atom is 0.287 e. The highest BCUT2D eigenvalue weighted by atomic mass is 79.9. The lowest BCUT2D eigenvalue weighted by atomic mass is 10.1. The molecule has 4 heteroatoms. The maximum atomic E-state index is 5.40. The first-order chi connectivity index (χ1) is 10.2. The monoisotopic (exact) mass is 344 g/mol. The molecule has 21 heavy (non-hydrogen) atoms. The van der Waals surface area contributed by atoms with E-state index in [4.69, 9.17) is 10.5 Å². The van der Waals surface area contributed by atoms with Gasteiger partial charge in [-0.05, 0) is 48.6 Å². The van der Waals surface area contributed by atoms with E-state index in [0.29, 0.717) is 6.61 Å². The third-order valence-corrected chi connectivity index (χ3v) is 4.15. The first-order valence-electron chi connectivity index (χ1n) is 7.04. The summed E-state index contributed by atoms with van der Waals surface area (Å²) in [5.41, 5.74) is 10.5. The number of aryl methyl sites for hydroxylation is 2. The summed E-state index contributed by atoms with van der Waals surface area (Å²) >= 11 is 3.37. The highest BCUT2D eigenvalue weighted by Gasteiger charge is 2.10. The summed E-state index contributed by atoms with van der Waals surface area (Å²) in [5.74, 6) is 0. The average Bonchev–Trinajstić information content (AvgIpc) is 2.97. The zero-order valence-electron chi connectivity index (χ0n) is 11.7. The zero-order valence-corrected chi connectivity index (χ0v) is 13.3. The Balaban J connectivity index is 0.000000131. The van der Waals surface area contributed by atoms with Gasteiger partial charge in [-0.1, -0.05) is 40.2 Å². The van der Waals surface area contributed by atoms with E-state index in [-0.39, 0.29) is 6.02 Å². The van der Waals surface area contributed by atoms with E-state index in [0.717, 1.165) is 15.7 Å². The SMILES string of the molecule is NC1=Nc2ccc(Br)cc2CO1.c1ccc2c(c1)CCC2. The quantitative estimate of drug-likeness (QED) is 0.781. The van der Waals surface area contributed by atoms with Gasteiger partial charge < -0.3 is 10.5 Å². The van der Waals surface area contributed by atoms with Crippen molar-refractivity contribution in [2.45, 2.75) is 25.9 Å². The molecule has 0 spiro atoms. The highest BCUT2D eigenvalue weighted by molar-refractivity contribution is 9.10. The minimum absolute atomic E-state index is 0.241. The number of hydrogen-bond donors (Lipinski definition) is 1. The van der Waals surface area contributed by atoms with Crippen LogP contribution in [-0.4, -0.2) is 6.02 Å². The lowest BCUT2D eigenvalue weighted by molar-refractivity contribution is 0.282. The Morgan fingerprint density at radius 3 is 2.43 bits per heavy atom. The third kappa shape index (κ3) is 3.45. The van der Waals surface area contributed by atoms with Crippen LogP contribution in [0.3, 0.4) is 0 Å². The van der Waals surface area contributed by atoms with Crippen molar-refractivity contribution in [2.24, 2.45) is 10.7 Å². The number of aliphatic imine (C=N–C) groups is 1. The van der Waals surface area contributed by atoms with Gasteiger partial charge in [-0.15, -0.1) is 0 Å². The number of nitrogens with two attached hydrogens (primary N) is 1. The Labute approximate surface area is 133 Å². The fourth-order valence-electron chi connectivity index (χ4n) is 2.60. The van der Waals surface area contributed by atoms with Gasteiger partial charge in [-0.25, -0.2) is 0 Å². The third-order valence-electron chi connectivity index (χ3n) is 3.66. The van der Waals surface area contributed by atoms with Crippen molar-refractivity contribution in [1.29, 1.82) is 0 Å². The fourth-order valence-corrected chi connectivity index (χ4v) is 3.00. The highest BCUT2D eigenvalue weighted by Crippen LogP contribution is 2.26. The standard InChI is InChI=1S/C9H10.C8H7BrN2O/c1-2-5-9-7-3-6-8(9)4-1;9-6-1-2-7-5(3-6)4-12-8(10)11-7/h1-2,4-5H,3,6-7H2;1-3H,4H2,(H2,10,11). The molecule has 0 radical (unpaired) electrons. The maximum absolute atomic E-state index is 5.40. The second-order valence-electron chi connectivity index (χ2n) is 5.13. The van der Waals surface area contributed by atoms with Gasteiger partial charge >= 0.3 is 0 Å². The van der Waals surface area contributed by atoms with Crippen molar-refractivity contribution in [1.82, 2.24) is 0 Å². The summed E-state index contributed by atoms with van der Waals surface area (Å²) in [6.07, 6.45) is 3.96. The number of fused-ring (bicyclic) bond motifs is 2. The van der Waals surface area contributed by atoms with Crippen LogP contribution in [0.4, 0.5) is 5.69 Å². The molecule has 1 aliphatic carbocycles. The Hall–Kier alpha value is -1.81. The second-order valence-corrected chi connectivity index (χ2v) is 6.05. The van der Waals surface area contributed by atoms with Gasteiger partial charge in [0.1, 0.15) is 6.61 Å². The molecule has 3 nitrogen and oxygen atoms in total. The molecule has 0 bridgehead atoms. The summed E-state index contributed by atoms with van der Waals surface area (Å²) in [6, 6.07) is 14.8. The molecule has 0 unspecified atom stereocenters. The van der Waals surface area contributed by atoms with Gasteiger partial charge in [0.15, 0.2) is 0 Å². The Bertz CT molecular complexity index is 659. The molecule has 0 aromatic heterocycles. The summed E-state index contributed by atoms with van der Waals surface area (Å²) in [7, 11) is 0. The number of ether oxygens (including phenoxy) is 1. The van der Waals surface area contributed by atoms with Crippen LogP contribution >= 0.6 is 15.9 Å². The number of hydrogen-bond acceptors (Lipinski definition) is 3. The Morgan fingerprint density at radius 2 is 1.71 bits per heavy atom. The number of benzene rings is 2. The van der Waals surface area contributed by atoms with Crippen molar-refractivity contribution in [3.8, 4) is 0 Å². The number of nitrogens with zero attached hydrogens (tertiary/aromatic N) is 1. The molecule has 0 atom stereocenters. The summed E-state index contributed by atoms with van der Waals surface area (Å²) in [6.45, 7) is 0.504. The van der Waals surface area contributed by atoms with Crippen LogP contribution in [0.5, 0.6) is 0 Å². The normalized spacial score (nSPS) is 15.0. The smallest absolute Gasteiger partial charge is 0.287 e. The lowest BCUT2D eigenvalue weighted by Gasteiger charge is -2.13. The van der Waals surface area contributed by atoms with Gasteiger partial charge in [0.2, 0.25) is 0 Å². The van der Waals surface area contributed by atoms with E-state index in [2.05, 4.69) is 45.2 Å². The van der Waals surface area contributed by atoms with Gasteiger partial charge in [0, 0.05) is 10.0 Å². The molecular formula is C17H17BrN2O. The van der Waals surface area contributed by atoms with Crippen molar-refractivity contribution in [3.05, 3.63) is 63.6 Å². The largest absolute Gasteiger partial charge is 0.460 e. The van der Waals surface area contributed by atoms with E-state index in [1.54, 1.807) is 11.1 Å². The molecule has 1 aliphatic heterocycles. The van der Waals surface area contributed by atoms with Crippen LogP contribution in [-0.2, 0) is 24.2 Å². The van der Waals surface area contributed by atoms with Gasteiger partial charge in [-0.2, -0.15) is 4.99 Å². The number of halogens is 1. The minimum Gasteiger partial charge on any atom is -0.460 e. The molecule has 108 valence electrons. The Morgan fingerprint density at radius 1 is 1.00 bits per heavy atom. The average molecular weight is 345 g/mol. The van der Waals surface area contributed by atoms with E-state index in [1.807, 2.05) is 18.2 Å².